The van der Waals surface area contributed by atoms with E-state index in [0.717, 1.165) is 44.1 Å². The lowest BCUT2D eigenvalue weighted by Crippen LogP contribution is -2.36. The largest absolute Gasteiger partial charge is 0.489 e. The van der Waals surface area contributed by atoms with E-state index in [2.05, 4.69) is 25.2 Å². The number of hydrogen-bond donors (Lipinski definition) is 2. The molecule has 2 saturated heterocycles. The number of halogens is 1. The summed E-state index contributed by atoms with van der Waals surface area (Å²) in [7, 11) is 0. The summed E-state index contributed by atoms with van der Waals surface area (Å²) in [6, 6.07) is 7.00. The van der Waals surface area contributed by atoms with Crippen LogP contribution in [0.1, 0.15) is 12.8 Å². The van der Waals surface area contributed by atoms with Gasteiger partial charge in [0.25, 0.3) is 0 Å². The van der Waals surface area contributed by atoms with E-state index in [1.54, 1.807) is 12.0 Å². The molecule has 5 rings (SSSR count). The van der Waals surface area contributed by atoms with E-state index in [9.17, 15) is 4.79 Å². The molecule has 2 aliphatic heterocycles. The maximum Gasteiger partial charge on any atom is 0.241 e. The van der Waals surface area contributed by atoms with Gasteiger partial charge in [-0.05, 0) is 56.3 Å². The number of likely N-dealkylation sites (tertiary alicyclic amines) is 1. The van der Waals surface area contributed by atoms with Crippen molar-refractivity contribution in [3.8, 4) is 5.69 Å². The summed E-state index contributed by atoms with van der Waals surface area (Å²) in [6.45, 7) is 6.21. The van der Waals surface area contributed by atoms with Crippen molar-refractivity contribution in [2.24, 2.45) is 0 Å². The Morgan fingerprint density at radius 1 is 1.14 bits per heavy atom. The number of morpholine rings is 1. The number of anilines is 3. The molecule has 1 atom stereocenters. The molecule has 36 heavy (non-hydrogen) atoms. The first-order valence-corrected chi connectivity index (χ1v) is 12.2. The zero-order valence-corrected chi connectivity index (χ0v) is 20.0. The van der Waals surface area contributed by atoms with Crippen LogP contribution in [-0.2, 0) is 14.3 Å². The summed E-state index contributed by atoms with van der Waals surface area (Å²) in [5.41, 5.74) is 7.49. The van der Waals surface area contributed by atoms with Gasteiger partial charge in [0, 0.05) is 25.3 Å². The fourth-order valence-corrected chi connectivity index (χ4v) is 4.62. The number of nitrogens with one attached hydrogen (secondary N) is 1. The molecule has 0 saturated carbocycles. The van der Waals surface area contributed by atoms with E-state index in [1.165, 1.54) is 23.6 Å². The maximum absolute atomic E-state index is 15.1. The SMILES string of the molecule is Nc1nc(NC2C=CC(OCCN3CCCC3)=C(F)C2=C=O)n(-c2ccc(N3CCOCC3)cc2)n1. The number of carbonyl (C=O) groups excluding carboxylic acids is 1. The second-order valence-electron chi connectivity index (χ2n) is 8.89. The molecular formula is C25H30FN7O3. The molecule has 0 bridgehead atoms. The first kappa shape index (κ1) is 24.1. The summed E-state index contributed by atoms with van der Waals surface area (Å²) >= 11 is 0. The summed E-state index contributed by atoms with van der Waals surface area (Å²) in [5.74, 6) is 1.34. The van der Waals surface area contributed by atoms with Crippen LogP contribution in [0.4, 0.5) is 22.0 Å². The Balaban J connectivity index is 1.28. The summed E-state index contributed by atoms with van der Waals surface area (Å²) in [4.78, 5) is 20.5. The van der Waals surface area contributed by atoms with Gasteiger partial charge in [0.2, 0.25) is 11.9 Å². The molecule has 10 nitrogen and oxygen atoms in total. The van der Waals surface area contributed by atoms with Crippen molar-refractivity contribution < 1.29 is 18.7 Å². The third-order valence-corrected chi connectivity index (χ3v) is 6.56. The Hall–Kier alpha value is -3.66. The van der Waals surface area contributed by atoms with Crippen LogP contribution in [0.3, 0.4) is 0 Å². The van der Waals surface area contributed by atoms with Gasteiger partial charge >= 0.3 is 0 Å². The van der Waals surface area contributed by atoms with E-state index in [1.807, 2.05) is 24.3 Å². The third-order valence-electron chi connectivity index (χ3n) is 6.56. The summed E-state index contributed by atoms with van der Waals surface area (Å²) in [6.07, 6.45) is 5.52. The van der Waals surface area contributed by atoms with Crippen molar-refractivity contribution >= 4 is 23.5 Å². The van der Waals surface area contributed by atoms with Crippen LogP contribution < -0.4 is 16.0 Å². The number of benzene rings is 1. The second kappa shape index (κ2) is 10.9. The van der Waals surface area contributed by atoms with Gasteiger partial charge in [-0.3, -0.25) is 4.90 Å². The Kier molecular flexibility index (Phi) is 7.31. The number of ether oxygens (including phenoxy) is 2. The highest BCUT2D eigenvalue weighted by molar-refractivity contribution is 5.67. The van der Waals surface area contributed by atoms with Crippen molar-refractivity contribution in [3.63, 3.8) is 0 Å². The van der Waals surface area contributed by atoms with Gasteiger partial charge in [-0.1, -0.05) is 6.08 Å². The number of rotatable bonds is 8. The van der Waals surface area contributed by atoms with Gasteiger partial charge in [0.15, 0.2) is 11.6 Å². The fourth-order valence-electron chi connectivity index (χ4n) is 4.62. The minimum Gasteiger partial charge on any atom is -0.489 e. The predicted molar refractivity (Wildman–Crippen MR) is 134 cm³/mol. The average Bonchev–Trinajstić information content (AvgIpc) is 3.56. The van der Waals surface area contributed by atoms with E-state index in [-0.39, 0.29) is 23.2 Å². The van der Waals surface area contributed by atoms with E-state index in [0.29, 0.717) is 19.8 Å². The predicted octanol–water partition coefficient (Wildman–Crippen LogP) is 2.09. The molecule has 3 N–H and O–H groups in total. The maximum atomic E-state index is 15.1. The lowest BCUT2D eigenvalue weighted by atomic mass is 10.0. The Labute approximate surface area is 208 Å². The minimum atomic E-state index is -0.802. The molecule has 190 valence electrons. The lowest BCUT2D eigenvalue weighted by molar-refractivity contribution is 0.122. The standard InChI is InChI=1S/C25H30FN7O3/c26-23-20(17-34)21(7-8-22(23)36-16-11-31-9-1-2-10-31)28-25-29-24(27)30-33(25)19-5-3-18(4-6-19)32-12-14-35-15-13-32/h3-8,21H,1-2,9-16H2,(H3,27,28,29,30). The molecule has 3 heterocycles. The van der Waals surface area contributed by atoms with Crippen molar-refractivity contribution in [1.82, 2.24) is 19.7 Å². The van der Waals surface area contributed by atoms with E-state index < -0.39 is 11.9 Å². The van der Waals surface area contributed by atoms with Crippen LogP contribution in [0.25, 0.3) is 5.69 Å². The first-order valence-electron chi connectivity index (χ1n) is 12.2. The van der Waals surface area contributed by atoms with Gasteiger partial charge < -0.3 is 25.4 Å². The highest BCUT2D eigenvalue weighted by Gasteiger charge is 2.27. The second-order valence-corrected chi connectivity index (χ2v) is 8.89. The summed E-state index contributed by atoms with van der Waals surface area (Å²) < 4.78 is 27.7. The van der Waals surface area contributed by atoms with Crippen LogP contribution in [0, 0.1) is 0 Å². The van der Waals surface area contributed by atoms with Crippen molar-refractivity contribution in [3.05, 3.63) is 53.6 Å². The van der Waals surface area contributed by atoms with Gasteiger partial charge in [-0.2, -0.15) is 9.67 Å². The number of hydrogen-bond acceptors (Lipinski definition) is 9. The fraction of sp³-hybridized carbons (Fsp3) is 0.440. The third kappa shape index (κ3) is 5.28. The Morgan fingerprint density at radius 2 is 1.86 bits per heavy atom. The summed E-state index contributed by atoms with van der Waals surface area (Å²) in [5, 5.41) is 7.33. The molecule has 1 aromatic heterocycles. The number of allylic oxidation sites excluding steroid dienone is 1. The highest BCUT2D eigenvalue weighted by atomic mass is 19.1. The Bertz CT molecular complexity index is 1170. The molecule has 1 aliphatic carbocycles. The number of nitrogen functional groups attached to an aromatic ring is 1. The molecule has 0 radical (unpaired) electrons. The number of nitrogens with two attached hydrogens (primary N) is 1. The Morgan fingerprint density at radius 3 is 2.58 bits per heavy atom. The van der Waals surface area contributed by atoms with Crippen LogP contribution in [0.2, 0.25) is 0 Å². The van der Waals surface area contributed by atoms with Crippen LogP contribution >= 0.6 is 0 Å². The van der Waals surface area contributed by atoms with Crippen molar-refractivity contribution in [2.75, 3.05) is 68.5 Å². The topological polar surface area (TPSA) is 111 Å². The lowest BCUT2D eigenvalue weighted by Gasteiger charge is -2.29. The first-order chi connectivity index (χ1) is 17.6. The van der Waals surface area contributed by atoms with Gasteiger partial charge in [-0.25, -0.2) is 9.18 Å². The zero-order valence-electron chi connectivity index (χ0n) is 20.0. The van der Waals surface area contributed by atoms with Crippen LogP contribution in [0.5, 0.6) is 0 Å². The molecule has 0 amide bonds. The van der Waals surface area contributed by atoms with Gasteiger partial charge in [0.05, 0.1) is 24.9 Å². The molecular weight excluding hydrogens is 465 g/mol. The molecule has 1 unspecified atom stereocenters. The smallest absolute Gasteiger partial charge is 0.241 e. The zero-order chi connectivity index (χ0) is 24.9. The van der Waals surface area contributed by atoms with Crippen molar-refractivity contribution in [1.29, 1.82) is 0 Å². The molecule has 11 heteroatoms. The number of nitrogens with zero attached hydrogens (tertiary/aromatic N) is 5. The normalized spacial score (nSPS) is 20.6. The highest BCUT2D eigenvalue weighted by Crippen LogP contribution is 2.28. The minimum absolute atomic E-state index is 0.0327. The number of aromatic nitrogens is 3. The van der Waals surface area contributed by atoms with E-state index in [4.69, 9.17) is 15.2 Å². The molecule has 3 aliphatic rings. The van der Waals surface area contributed by atoms with Gasteiger partial charge in [0.1, 0.15) is 18.1 Å². The average molecular weight is 496 g/mol. The molecule has 2 aromatic rings. The van der Waals surface area contributed by atoms with Crippen molar-refractivity contribution in [2.45, 2.75) is 18.9 Å². The van der Waals surface area contributed by atoms with Crippen LogP contribution in [0.15, 0.2) is 53.6 Å². The quantitative estimate of drug-likeness (QED) is 0.532. The monoisotopic (exact) mass is 495 g/mol. The molecule has 1 aromatic carbocycles. The van der Waals surface area contributed by atoms with Crippen LogP contribution in [-0.4, -0.2) is 84.2 Å². The molecule has 0 spiro atoms. The van der Waals surface area contributed by atoms with E-state index >= 15 is 4.39 Å². The molecule has 2 fully saturated rings. The van der Waals surface area contributed by atoms with Gasteiger partial charge in [-0.15, -0.1) is 5.10 Å².